The Morgan fingerprint density at radius 3 is 2.87 bits per heavy atom. The molecule has 15 heavy (non-hydrogen) atoms. The first-order valence-corrected chi connectivity index (χ1v) is 5.54. The zero-order chi connectivity index (χ0) is 11.3. The highest BCUT2D eigenvalue weighted by Crippen LogP contribution is 2.21. The molecule has 1 rings (SSSR count). The summed E-state index contributed by atoms with van der Waals surface area (Å²) in [5.41, 5.74) is 0.658. The van der Waals surface area contributed by atoms with Crippen molar-refractivity contribution in [3.05, 3.63) is 34.3 Å². The van der Waals surface area contributed by atoms with E-state index in [1.807, 2.05) is 13.0 Å². The van der Waals surface area contributed by atoms with Gasteiger partial charge in [0.15, 0.2) is 6.10 Å². The standard InChI is InChI=1S/C11H13BrO3/c1-2-6-15-10(11(13)14)8-4-3-5-9(12)7-8/h3-5,7,10H,2,6H2,1H3,(H,13,14). The lowest BCUT2D eigenvalue weighted by Crippen LogP contribution is -2.15. The van der Waals surface area contributed by atoms with Crippen molar-refractivity contribution in [3.8, 4) is 0 Å². The first-order valence-electron chi connectivity index (χ1n) is 4.75. The van der Waals surface area contributed by atoms with Crippen molar-refractivity contribution >= 4 is 21.9 Å². The minimum absolute atomic E-state index is 0.448. The maximum atomic E-state index is 11.0. The zero-order valence-electron chi connectivity index (χ0n) is 8.44. The van der Waals surface area contributed by atoms with E-state index in [9.17, 15) is 4.79 Å². The molecule has 1 aromatic rings. The Hall–Kier alpha value is -0.870. The van der Waals surface area contributed by atoms with Crippen molar-refractivity contribution in [3.63, 3.8) is 0 Å². The van der Waals surface area contributed by atoms with Crippen LogP contribution in [0.2, 0.25) is 0 Å². The minimum Gasteiger partial charge on any atom is -0.479 e. The second-order valence-electron chi connectivity index (χ2n) is 3.14. The van der Waals surface area contributed by atoms with Gasteiger partial charge in [0.2, 0.25) is 0 Å². The van der Waals surface area contributed by atoms with Crippen LogP contribution >= 0.6 is 15.9 Å². The molecule has 0 radical (unpaired) electrons. The lowest BCUT2D eigenvalue weighted by atomic mass is 10.1. The van der Waals surface area contributed by atoms with Gasteiger partial charge in [-0.2, -0.15) is 0 Å². The predicted octanol–water partition coefficient (Wildman–Crippen LogP) is 3.00. The van der Waals surface area contributed by atoms with Crippen molar-refractivity contribution < 1.29 is 14.6 Å². The fourth-order valence-corrected chi connectivity index (χ4v) is 1.63. The predicted molar refractivity (Wildman–Crippen MR) is 60.8 cm³/mol. The Kier molecular flexibility index (Phi) is 4.78. The number of carbonyl (C=O) groups is 1. The summed E-state index contributed by atoms with van der Waals surface area (Å²) in [6, 6.07) is 7.15. The van der Waals surface area contributed by atoms with Crippen LogP contribution in [0.15, 0.2) is 28.7 Å². The van der Waals surface area contributed by atoms with Gasteiger partial charge in [0, 0.05) is 11.1 Å². The lowest BCUT2D eigenvalue weighted by molar-refractivity contribution is -0.150. The van der Waals surface area contributed by atoms with Gasteiger partial charge in [-0.05, 0) is 24.1 Å². The van der Waals surface area contributed by atoms with Crippen LogP contribution in [0.1, 0.15) is 25.0 Å². The van der Waals surface area contributed by atoms with Crippen LogP contribution < -0.4 is 0 Å². The van der Waals surface area contributed by atoms with Crippen LogP contribution in [0.4, 0.5) is 0 Å². The molecule has 3 nitrogen and oxygen atoms in total. The Morgan fingerprint density at radius 1 is 1.60 bits per heavy atom. The van der Waals surface area contributed by atoms with Gasteiger partial charge in [0.05, 0.1) is 0 Å². The fraction of sp³-hybridized carbons (Fsp3) is 0.364. The second-order valence-corrected chi connectivity index (χ2v) is 4.06. The van der Waals surface area contributed by atoms with Crippen LogP contribution in [0, 0.1) is 0 Å². The van der Waals surface area contributed by atoms with Gasteiger partial charge in [0.1, 0.15) is 0 Å². The summed E-state index contributed by atoms with van der Waals surface area (Å²) >= 11 is 3.30. The molecule has 1 unspecified atom stereocenters. The normalized spacial score (nSPS) is 12.4. The molecular weight excluding hydrogens is 260 g/mol. The van der Waals surface area contributed by atoms with Crippen LogP contribution in [0.5, 0.6) is 0 Å². The smallest absolute Gasteiger partial charge is 0.337 e. The molecule has 0 bridgehead atoms. The van der Waals surface area contributed by atoms with Gasteiger partial charge < -0.3 is 9.84 Å². The van der Waals surface area contributed by atoms with Gasteiger partial charge in [-0.25, -0.2) is 4.79 Å². The fourth-order valence-electron chi connectivity index (χ4n) is 1.22. The number of halogens is 1. The van der Waals surface area contributed by atoms with E-state index in [4.69, 9.17) is 9.84 Å². The summed E-state index contributed by atoms with van der Waals surface area (Å²) in [4.78, 5) is 11.0. The van der Waals surface area contributed by atoms with Crippen molar-refractivity contribution in [2.24, 2.45) is 0 Å². The number of carboxylic acid groups (broad SMARTS) is 1. The quantitative estimate of drug-likeness (QED) is 0.897. The van der Waals surface area contributed by atoms with E-state index < -0.39 is 12.1 Å². The molecule has 0 fully saturated rings. The second kappa shape index (κ2) is 5.88. The molecule has 1 atom stereocenters. The maximum absolute atomic E-state index is 11.0. The molecule has 0 amide bonds. The van der Waals surface area contributed by atoms with E-state index in [1.54, 1.807) is 18.2 Å². The number of aliphatic carboxylic acids is 1. The third-order valence-corrected chi connectivity index (χ3v) is 2.36. The summed E-state index contributed by atoms with van der Waals surface area (Å²) in [6.07, 6.45) is -0.0694. The number of carboxylic acids is 1. The van der Waals surface area contributed by atoms with Gasteiger partial charge in [-0.15, -0.1) is 0 Å². The molecule has 0 saturated heterocycles. The van der Waals surface area contributed by atoms with Crippen LogP contribution in [-0.2, 0) is 9.53 Å². The van der Waals surface area contributed by atoms with Crippen molar-refractivity contribution in [2.45, 2.75) is 19.4 Å². The summed E-state index contributed by atoms with van der Waals surface area (Å²) in [6.45, 7) is 2.39. The van der Waals surface area contributed by atoms with E-state index >= 15 is 0 Å². The number of benzene rings is 1. The SMILES string of the molecule is CCCOC(C(=O)O)c1cccc(Br)c1. The summed E-state index contributed by atoms with van der Waals surface area (Å²) in [7, 11) is 0. The van der Waals surface area contributed by atoms with Gasteiger partial charge in [-0.1, -0.05) is 35.0 Å². The van der Waals surface area contributed by atoms with E-state index in [0.29, 0.717) is 12.2 Å². The number of hydrogen-bond acceptors (Lipinski definition) is 2. The highest BCUT2D eigenvalue weighted by Gasteiger charge is 2.19. The first-order chi connectivity index (χ1) is 7.15. The lowest BCUT2D eigenvalue weighted by Gasteiger charge is -2.13. The maximum Gasteiger partial charge on any atom is 0.337 e. The van der Waals surface area contributed by atoms with Crippen LogP contribution in [-0.4, -0.2) is 17.7 Å². The molecule has 0 aliphatic rings. The number of ether oxygens (including phenoxy) is 1. The zero-order valence-corrected chi connectivity index (χ0v) is 10.0. The third-order valence-electron chi connectivity index (χ3n) is 1.86. The summed E-state index contributed by atoms with van der Waals surface area (Å²) in [5.74, 6) is -0.957. The monoisotopic (exact) mass is 272 g/mol. The molecule has 4 heteroatoms. The third kappa shape index (κ3) is 3.64. The Bertz CT molecular complexity index is 338. The molecule has 1 N–H and O–H groups in total. The van der Waals surface area contributed by atoms with E-state index in [2.05, 4.69) is 15.9 Å². The first kappa shape index (κ1) is 12.2. The molecule has 0 aliphatic carbocycles. The van der Waals surface area contributed by atoms with Gasteiger partial charge in [-0.3, -0.25) is 0 Å². The molecule has 0 aromatic heterocycles. The Labute approximate surface area is 97.2 Å². The molecule has 0 saturated carbocycles. The molecule has 0 heterocycles. The highest BCUT2D eigenvalue weighted by atomic mass is 79.9. The average Bonchev–Trinajstić information content (AvgIpc) is 2.18. The Balaban J connectivity index is 2.84. The van der Waals surface area contributed by atoms with Crippen molar-refractivity contribution in [1.29, 1.82) is 0 Å². The van der Waals surface area contributed by atoms with Crippen LogP contribution in [0.25, 0.3) is 0 Å². The minimum atomic E-state index is -0.957. The largest absolute Gasteiger partial charge is 0.479 e. The van der Waals surface area contributed by atoms with E-state index in [1.165, 1.54) is 0 Å². The summed E-state index contributed by atoms with van der Waals surface area (Å²) in [5, 5.41) is 9.00. The Morgan fingerprint density at radius 2 is 2.33 bits per heavy atom. The average molecular weight is 273 g/mol. The van der Waals surface area contributed by atoms with Gasteiger partial charge >= 0.3 is 5.97 Å². The van der Waals surface area contributed by atoms with Crippen molar-refractivity contribution in [2.75, 3.05) is 6.61 Å². The number of hydrogen-bond donors (Lipinski definition) is 1. The molecular formula is C11H13BrO3. The number of rotatable bonds is 5. The summed E-state index contributed by atoms with van der Waals surface area (Å²) < 4.78 is 6.13. The van der Waals surface area contributed by atoms with E-state index in [-0.39, 0.29) is 0 Å². The van der Waals surface area contributed by atoms with Crippen LogP contribution in [0.3, 0.4) is 0 Å². The van der Waals surface area contributed by atoms with E-state index in [0.717, 1.165) is 10.9 Å². The molecule has 0 aliphatic heterocycles. The van der Waals surface area contributed by atoms with Gasteiger partial charge in [0.25, 0.3) is 0 Å². The highest BCUT2D eigenvalue weighted by molar-refractivity contribution is 9.10. The molecule has 82 valence electrons. The van der Waals surface area contributed by atoms with Crippen molar-refractivity contribution in [1.82, 2.24) is 0 Å². The molecule has 0 spiro atoms. The topological polar surface area (TPSA) is 46.5 Å². The molecule has 1 aromatic carbocycles.